The molecule has 0 unspecified atom stereocenters. The van der Waals surface area contributed by atoms with Gasteiger partial charge in [0.15, 0.2) is 9.84 Å². The van der Waals surface area contributed by atoms with Gasteiger partial charge in [0, 0.05) is 12.3 Å². The summed E-state index contributed by atoms with van der Waals surface area (Å²) in [6.45, 7) is 4.66. The van der Waals surface area contributed by atoms with E-state index in [9.17, 15) is 8.42 Å². The Morgan fingerprint density at radius 2 is 1.89 bits per heavy atom. The molecule has 0 aromatic heterocycles. The zero-order chi connectivity index (χ0) is 13.6. The van der Waals surface area contributed by atoms with E-state index in [-0.39, 0.29) is 23.7 Å². The maximum Gasteiger partial charge on any atom is 0.152 e. The van der Waals surface area contributed by atoms with Crippen LogP contribution in [0.3, 0.4) is 0 Å². The van der Waals surface area contributed by atoms with Crippen molar-refractivity contribution in [3.8, 4) is 0 Å². The van der Waals surface area contributed by atoms with Gasteiger partial charge < -0.3 is 10.5 Å². The van der Waals surface area contributed by atoms with Crippen molar-refractivity contribution in [2.45, 2.75) is 51.6 Å². The van der Waals surface area contributed by atoms with E-state index < -0.39 is 9.84 Å². The Labute approximate surface area is 111 Å². The zero-order valence-corrected chi connectivity index (χ0v) is 12.5. The summed E-state index contributed by atoms with van der Waals surface area (Å²) in [5.74, 6) is 1.08. The van der Waals surface area contributed by atoms with E-state index >= 15 is 0 Å². The van der Waals surface area contributed by atoms with Crippen LogP contribution in [-0.2, 0) is 14.6 Å². The fourth-order valence-electron chi connectivity index (χ4n) is 2.55. The van der Waals surface area contributed by atoms with Crippen LogP contribution in [0.5, 0.6) is 0 Å². The first-order valence-corrected chi connectivity index (χ1v) is 8.83. The number of rotatable bonds is 7. The third-order valence-electron chi connectivity index (χ3n) is 4.21. The topological polar surface area (TPSA) is 69.4 Å². The van der Waals surface area contributed by atoms with Gasteiger partial charge in [-0.3, -0.25) is 0 Å². The Morgan fingerprint density at radius 1 is 1.28 bits per heavy atom. The molecule has 0 aromatic rings. The monoisotopic (exact) mass is 277 g/mol. The average Bonchev–Trinajstić information content (AvgIpc) is 2.39. The molecule has 0 spiro atoms. The van der Waals surface area contributed by atoms with Gasteiger partial charge in [0.25, 0.3) is 0 Å². The van der Waals surface area contributed by atoms with E-state index in [2.05, 4.69) is 6.92 Å². The molecule has 0 radical (unpaired) electrons. The van der Waals surface area contributed by atoms with Crippen LogP contribution in [0.25, 0.3) is 0 Å². The molecule has 0 atom stereocenters. The second kappa shape index (κ2) is 6.87. The largest absolute Gasteiger partial charge is 0.373 e. The molecule has 0 saturated heterocycles. The first-order chi connectivity index (χ1) is 8.47. The summed E-state index contributed by atoms with van der Waals surface area (Å²) in [7, 11) is -2.94. The highest BCUT2D eigenvalue weighted by Gasteiger charge is 2.34. The van der Waals surface area contributed by atoms with Gasteiger partial charge in [-0.15, -0.1) is 0 Å². The molecular formula is C13H27NO3S. The molecule has 1 aliphatic rings. The van der Waals surface area contributed by atoms with Crippen LogP contribution in [0.1, 0.15) is 46.0 Å². The molecule has 0 aliphatic heterocycles. The molecule has 0 bridgehead atoms. The summed E-state index contributed by atoms with van der Waals surface area (Å²) in [5.41, 5.74) is 5.56. The van der Waals surface area contributed by atoms with Crippen molar-refractivity contribution in [1.82, 2.24) is 0 Å². The lowest BCUT2D eigenvalue weighted by molar-refractivity contribution is -0.0651. The Balaban J connectivity index is 2.43. The van der Waals surface area contributed by atoms with Gasteiger partial charge in [0.2, 0.25) is 0 Å². The summed E-state index contributed by atoms with van der Waals surface area (Å²) in [5, 5.41) is 0. The van der Waals surface area contributed by atoms with Gasteiger partial charge in [-0.05, 0) is 31.6 Å². The van der Waals surface area contributed by atoms with Crippen molar-refractivity contribution in [3.63, 3.8) is 0 Å². The quantitative estimate of drug-likeness (QED) is 0.769. The van der Waals surface area contributed by atoms with Crippen molar-refractivity contribution in [3.05, 3.63) is 0 Å². The second-order valence-corrected chi connectivity index (χ2v) is 7.80. The molecule has 0 aromatic carbocycles. The molecule has 18 heavy (non-hydrogen) atoms. The highest BCUT2D eigenvalue weighted by atomic mass is 32.2. The van der Waals surface area contributed by atoms with Crippen molar-refractivity contribution < 1.29 is 13.2 Å². The minimum Gasteiger partial charge on any atom is -0.373 e. The molecular weight excluding hydrogens is 250 g/mol. The molecule has 108 valence electrons. The fraction of sp³-hybridized carbons (Fsp3) is 1.00. The maximum absolute atomic E-state index is 11.4. The first kappa shape index (κ1) is 15.9. The molecule has 5 heteroatoms. The van der Waals surface area contributed by atoms with E-state index in [1.54, 1.807) is 6.92 Å². The molecule has 1 saturated carbocycles. The third kappa shape index (κ3) is 4.52. The summed E-state index contributed by atoms with van der Waals surface area (Å²) >= 11 is 0. The number of hydrogen-bond acceptors (Lipinski definition) is 4. The smallest absolute Gasteiger partial charge is 0.152 e. The molecule has 0 heterocycles. The minimum atomic E-state index is -2.94. The molecule has 2 N–H and O–H groups in total. The van der Waals surface area contributed by atoms with Crippen molar-refractivity contribution in [2.24, 2.45) is 11.7 Å². The molecule has 0 amide bonds. The summed E-state index contributed by atoms with van der Waals surface area (Å²) in [6, 6.07) is 0. The first-order valence-electron chi connectivity index (χ1n) is 7.01. The van der Waals surface area contributed by atoms with Crippen LogP contribution < -0.4 is 5.73 Å². The number of hydrogen-bond donors (Lipinski definition) is 1. The van der Waals surface area contributed by atoms with Crippen molar-refractivity contribution >= 4 is 9.84 Å². The van der Waals surface area contributed by atoms with E-state index in [1.807, 2.05) is 0 Å². The van der Waals surface area contributed by atoms with Gasteiger partial charge >= 0.3 is 0 Å². The number of ether oxygens (including phenoxy) is 1. The lowest BCUT2D eigenvalue weighted by Gasteiger charge is -2.39. The van der Waals surface area contributed by atoms with Crippen LogP contribution in [0.4, 0.5) is 0 Å². The van der Waals surface area contributed by atoms with Gasteiger partial charge in [0.1, 0.15) is 0 Å². The van der Waals surface area contributed by atoms with Gasteiger partial charge in [0.05, 0.1) is 18.0 Å². The van der Waals surface area contributed by atoms with Crippen LogP contribution in [0.15, 0.2) is 0 Å². The fourth-order valence-corrected chi connectivity index (χ4v) is 3.17. The van der Waals surface area contributed by atoms with Gasteiger partial charge in [-0.25, -0.2) is 8.42 Å². The Kier molecular flexibility index (Phi) is 6.08. The lowest BCUT2D eigenvalue weighted by Crippen LogP contribution is -2.44. The highest BCUT2D eigenvalue weighted by molar-refractivity contribution is 7.91. The summed E-state index contributed by atoms with van der Waals surface area (Å²) in [6.07, 6.45) is 5.44. The minimum absolute atomic E-state index is 0.114. The zero-order valence-electron chi connectivity index (χ0n) is 11.7. The van der Waals surface area contributed by atoms with E-state index in [0.29, 0.717) is 6.54 Å². The highest BCUT2D eigenvalue weighted by Crippen LogP contribution is 2.35. The molecule has 1 fully saturated rings. The Morgan fingerprint density at radius 3 is 2.33 bits per heavy atom. The Hall–Kier alpha value is -0.130. The predicted molar refractivity (Wildman–Crippen MR) is 74.3 cm³/mol. The van der Waals surface area contributed by atoms with Crippen molar-refractivity contribution in [1.29, 1.82) is 0 Å². The van der Waals surface area contributed by atoms with E-state index in [1.165, 1.54) is 6.42 Å². The third-order valence-corrected chi connectivity index (χ3v) is 5.88. The Bertz CT molecular complexity index is 332. The predicted octanol–water partition coefficient (Wildman–Crippen LogP) is 1.74. The van der Waals surface area contributed by atoms with E-state index in [4.69, 9.17) is 10.5 Å². The van der Waals surface area contributed by atoms with Crippen LogP contribution in [0.2, 0.25) is 0 Å². The van der Waals surface area contributed by atoms with Crippen molar-refractivity contribution in [2.75, 3.05) is 24.7 Å². The number of sulfone groups is 1. The maximum atomic E-state index is 11.4. The standard InChI is InChI=1S/C13H27NO3S/c1-3-12-5-7-13(11-14,8-6-12)17-9-10-18(15,16)4-2/h12H,3-11,14H2,1-2H3. The van der Waals surface area contributed by atoms with Gasteiger partial charge in [-0.2, -0.15) is 0 Å². The van der Waals surface area contributed by atoms with Crippen LogP contribution in [-0.4, -0.2) is 38.7 Å². The average molecular weight is 277 g/mol. The molecule has 4 nitrogen and oxygen atoms in total. The lowest BCUT2D eigenvalue weighted by atomic mass is 9.77. The molecule has 1 aliphatic carbocycles. The van der Waals surface area contributed by atoms with Gasteiger partial charge in [-0.1, -0.05) is 20.3 Å². The summed E-state index contributed by atoms with van der Waals surface area (Å²) < 4.78 is 28.7. The number of nitrogens with two attached hydrogens (primary N) is 1. The van der Waals surface area contributed by atoms with Crippen LogP contribution >= 0.6 is 0 Å². The second-order valence-electron chi connectivity index (χ2n) is 5.32. The van der Waals surface area contributed by atoms with E-state index in [0.717, 1.165) is 31.6 Å². The SMILES string of the molecule is CCC1CCC(CN)(OCCS(=O)(=O)CC)CC1. The summed E-state index contributed by atoms with van der Waals surface area (Å²) in [4.78, 5) is 0. The molecule has 1 rings (SSSR count). The normalized spacial score (nSPS) is 29.4. The van der Waals surface area contributed by atoms with Crippen LogP contribution in [0, 0.1) is 5.92 Å².